The van der Waals surface area contributed by atoms with Gasteiger partial charge in [0, 0.05) is 32.0 Å². The van der Waals surface area contributed by atoms with Gasteiger partial charge in [-0.2, -0.15) is 0 Å². The van der Waals surface area contributed by atoms with Crippen LogP contribution in [0.25, 0.3) is 11.0 Å². The highest BCUT2D eigenvalue weighted by Gasteiger charge is 2.17. The molecule has 4 nitrogen and oxygen atoms in total. The molecule has 1 amide bonds. The summed E-state index contributed by atoms with van der Waals surface area (Å²) in [6, 6.07) is 3.12. The number of halogens is 3. The third-order valence-corrected chi connectivity index (χ3v) is 4.40. The highest BCUT2D eigenvalue weighted by atomic mass is 127. The lowest BCUT2D eigenvalue weighted by molar-refractivity contribution is -0.130. The summed E-state index contributed by atoms with van der Waals surface area (Å²) in [6.07, 6.45) is 0.539. The van der Waals surface area contributed by atoms with Gasteiger partial charge in [-0.25, -0.2) is 9.37 Å². The topological polar surface area (TPSA) is 38.1 Å². The molecule has 0 radical (unpaired) electrons. The molecule has 0 aliphatic heterocycles. The van der Waals surface area contributed by atoms with Crippen molar-refractivity contribution in [2.24, 2.45) is 0 Å². The van der Waals surface area contributed by atoms with Crippen LogP contribution in [0.5, 0.6) is 0 Å². The molecule has 0 N–H and O–H groups in total. The first-order chi connectivity index (χ1) is 9.97. The van der Waals surface area contributed by atoms with Crippen LogP contribution >= 0.6 is 34.2 Å². The van der Waals surface area contributed by atoms with E-state index in [0.29, 0.717) is 39.3 Å². The Hall–Kier alpha value is -0.890. The van der Waals surface area contributed by atoms with Crippen molar-refractivity contribution >= 4 is 51.1 Å². The maximum Gasteiger partial charge on any atom is 0.242 e. The van der Waals surface area contributed by atoms with Gasteiger partial charge in [0.05, 0.1) is 14.6 Å². The number of fused-ring (bicyclic) bond motifs is 1. The second-order valence-electron chi connectivity index (χ2n) is 4.72. The van der Waals surface area contributed by atoms with E-state index in [0.717, 1.165) is 0 Å². The van der Waals surface area contributed by atoms with E-state index in [-0.39, 0.29) is 18.3 Å². The van der Waals surface area contributed by atoms with Crippen LogP contribution in [-0.2, 0) is 17.8 Å². The first-order valence-electron chi connectivity index (χ1n) is 6.62. The first-order valence-corrected chi connectivity index (χ1v) is 8.23. The predicted octanol–water partition coefficient (Wildman–Crippen LogP) is 3.04. The number of aryl methyl sites for hydroxylation is 1. The van der Waals surface area contributed by atoms with Crippen LogP contribution in [-0.4, -0.2) is 39.8 Å². The molecule has 0 saturated carbocycles. The second kappa shape index (κ2) is 6.91. The fourth-order valence-corrected chi connectivity index (χ4v) is 2.67. The van der Waals surface area contributed by atoms with Crippen LogP contribution in [0.1, 0.15) is 12.7 Å². The fourth-order valence-electron chi connectivity index (χ4n) is 2.05. The fraction of sp³-hybridized carbons (Fsp3) is 0.429. The summed E-state index contributed by atoms with van der Waals surface area (Å²) in [5.41, 5.74) is 1.32. The molecule has 0 fully saturated rings. The Kier molecular flexibility index (Phi) is 5.43. The molecule has 2 rings (SSSR count). The number of amides is 1. The van der Waals surface area contributed by atoms with Gasteiger partial charge < -0.3 is 9.47 Å². The summed E-state index contributed by atoms with van der Waals surface area (Å²) in [6.45, 7) is 2.68. The Labute approximate surface area is 141 Å². The lowest BCUT2D eigenvalue weighted by Crippen LogP contribution is -2.30. The summed E-state index contributed by atoms with van der Waals surface area (Å²) in [7, 11) is 1.74. The van der Waals surface area contributed by atoms with Gasteiger partial charge in [-0.05, 0) is 35.6 Å². The van der Waals surface area contributed by atoms with Crippen molar-refractivity contribution in [2.75, 3.05) is 19.5 Å². The van der Waals surface area contributed by atoms with Gasteiger partial charge in [0.25, 0.3) is 0 Å². The monoisotopic (exact) mass is 423 g/mol. The zero-order chi connectivity index (χ0) is 15.6. The highest BCUT2D eigenvalue weighted by Crippen LogP contribution is 2.22. The smallest absolute Gasteiger partial charge is 0.242 e. The maximum atomic E-state index is 13.8. The average molecular weight is 424 g/mol. The van der Waals surface area contributed by atoms with E-state index >= 15 is 0 Å². The van der Waals surface area contributed by atoms with Gasteiger partial charge in [-0.15, -0.1) is 11.6 Å². The first kappa shape index (κ1) is 16.5. The molecule has 0 aliphatic rings. The quantitative estimate of drug-likeness (QED) is 0.548. The third kappa shape index (κ3) is 3.48. The molecule has 0 unspecified atom stereocenters. The molecule has 0 saturated heterocycles. The summed E-state index contributed by atoms with van der Waals surface area (Å²) in [5.74, 6) is 0.768. The molecule has 0 aliphatic carbocycles. The summed E-state index contributed by atoms with van der Waals surface area (Å²) < 4.78 is 16.1. The van der Waals surface area contributed by atoms with Crippen molar-refractivity contribution in [1.29, 1.82) is 0 Å². The van der Waals surface area contributed by atoms with Gasteiger partial charge >= 0.3 is 0 Å². The summed E-state index contributed by atoms with van der Waals surface area (Å²) >= 11 is 7.73. The Balaban J connectivity index is 2.50. The van der Waals surface area contributed by atoms with Crippen LogP contribution in [0.15, 0.2) is 12.1 Å². The summed E-state index contributed by atoms with van der Waals surface area (Å²) in [4.78, 5) is 18.2. The number of alkyl halides is 1. The number of nitrogens with zero attached hydrogens (tertiary/aromatic N) is 3. The standard InChI is InChI=1S/C14H16ClFIN3O/c1-3-19(2)14(21)8-20-12-6-9(16)10(17)7-11(12)18-13(20)4-5-15/h6-7H,3-5,8H2,1-2H3. The van der Waals surface area contributed by atoms with Crippen LogP contribution in [0.2, 0.25) is 0 Å². The molecular formula is C14H16ClFIN3O. The zero-order valence-corrected chi connectivity index (χ0v) is 14.8. The normalized spacial score (nSPS) is 11.1. The number of aromatic nitrogens is 2. The SMILES string of the molecule is CCN(C)C(=O)Cn1c(CCCl)nc2cc(I)c(F)cc21. The van der Waals surface area contributed by atoms with Crippen molar-refractivity contribution in [3.05, 3.63) is 27.3 Å². The van der Waals surface area contributed by atoms with Crippen LogP contribution in [0.4, 0.5) is 4.39 Å². The molecule has 1 heterocycles. The Morgan fingerprint density at radius 1 is 1.52 bits per heavy atom. The van der Waals surface area contributed by atoms with E-state index in [1.54, 1.807) is 22.6 Å². The lowest BCUT2D eigenvalue weighted by Gasteiger charge is -2.16. The van der Waals surface area contributed by atoms with Gasteiger partial charge in [0.1, 0.15) is 18.2 Å². The van der Waals surface area contributed by atoms with E-state index in [9.17, 15) is 9.18 Å². The average Bonchev–Trinajstić information content (AvgIpc) is 2.76. The number of hydrogen-bond acceptors (Lipinski definition) is 2. The molecule has 0 spiro atoms. The minimum Gasteiger partial charge on any atom is -0.344 e. The number of carbonyl (C=O) groups excluding carboxylic acids is 1. The van der Waals surface area contributed by atoms with E-state index < -0.39 is 0 Å². The van der Waals surface area contributed by atoms with Crippen molar-refractivity contribution in [2.45, 2.75) is 19.9 Å². The van der Waals surface area contributed by atoms with Crippen LogP contribution < -0.4 is 0 Å². The number of benzene rings is 1. The molecule has 1 aromatic heterocycles. The number of imidazole rings is 1. The van der Waals surface area contributed by atoms with Crippen molar-refractivity contribution in [3.63, 3.8) is 0 Å². The van der Waals surface area contributed by atoms with Crippen molar-refractivity contribution in [3.8, 4) is 0 Å². The molecule has 0 bridgehead atoms. The predicted molar refractivity (Wildman–Crippen MR) is 90.1 cm³/mol. The number of rotatable bonds is 5. The molecule has 0 atom stereocenters. The molecule has 7 heteroatoms. The van der Waals surface area contributed by atoms with Crippen LogP contribution in [0, 0.1) is 9.39 Å². The van der Waals surface area contributed by atoms with Crippen LogP contribution in [0.3, 0.4) is 0 Å². The lowest BCUT2D eigenvalue weighted by atomic mass is 10.3. The van der Waals surface area contributed by atoms with Gasteiger partial charge in [-0.3, -0.25) is 4.79 Å². The number of likely N-dealkylation sites (N-methyl/N-ethyl adjacent to an activating group) is 1. The minimum absolute atomic E-state index is 0.0356. The molecule has 114 valence electrons. The second-order valence-corrected chi connectivity index (χ2v) is 6.26. The third-order valence-electron chi connectivity index (χ3n) is 3.38. The Bertz CT molecular complexity index is 674. The van der Waals surface area contributed by atoms with Crippen molar-refractivity contribution in [1.82, 2.24) is 14.5 Å². The maximum absolute atomic E-state index is 13.8. The molecule has 21 heavy (non-hydrogen) atoms. The molecule has 2 aromatic rings. The molecular weight excluding hydrogens is 408 g/mol. The minimum atomic E-state index is -0.307. The van der Waals surface area contributed by atoms with E-state index in [1.165, 1.54) is 6.07 Å². The van der Waals surface area contributed by atoms with E-state index in [4.69, 9.17) is 11.6 Å². The largest absolute Gasteiger partial charge is 0.344 e. The van der Waals surface area contributed by atoms with Crippen molar-refractivity contribution < 1.29 is 9.18 Å². The Morgan fingerprint density at radius 2 is 2.24 bits per heavy atom. The van der Waals surface area contributed by atoms with E-state index in [2.05, 4.69) is 4.98 Å². The zero-order valence-electron chi connectivity index (χ0n) is 11.9. The van der Waals surface area contributed by atoms with Gasteiger partial charge in [0.15, 0.2) is 0 Å². The van der Waals surface area contributed by atoms with Gasteiger partial charge in [-0.1, -0.05) is 0 Å². The Morgan fingerprint density at radius 3 is 2.86 bits per heavy atom. The highest BCUT2D eigenvalue weighted by molar-refractivity contribution is 14.1. The number of hydrogen-bond donors (Lipinski definition) is 0. The van der Waals surface area contributed by atoms with E-state index in [1.807, 2.05) is 29.5 Å². The summed E-state index contributed by atoms with van der Waals surface area (Å²) in [5, 5.41) is 0. The van der Waals surface area contributed by atoms with Gasteiger partial charge in [0.2, 0.25) is 5.91 Å². The number of carbonyl (C=O) groups is 1. The molecule has 1 aromatic carbocycles.